The van der Waals surface area contributed by atoms with Gasteiger partial charge in [-0.25, -0.2) is 15.0 Å². The minimum Gasteiger partial charge on any atom is -0.390 e. The lowest BCUT2D eigenvalue weighted by Gasteiger charge is -2.33. The lowest BCUT2D eigenvalue weighted by molar-refractivity contribution is -0.164. The van der Waals surface area contributed by atoms with Gasteiger partial charge in [0.25, 0.3) is 0 Å². The summed E-state index contributed by atoms with van der Waals surface area (Å²) >= 11 is 0. The fraction of sp³-hybridized carbons (Fsp3) is 0.583. The molecule has 4 unspecified atom stereocenters. The summed E-state index contributed by atoms with van der Waals surface area (Å²) in [5.74, 6) is 0.0237. The number of anilines is 1. The fourth-order valence-electron chi connectivity index (χ4n) is 4.09. The molecule has 9 heteroatoms. The van der Waals surface area contributed by atoms with Crippen molar-refractivity contribution in [3.63, 3.8) is 0 Å². The quantitative estimate of drug-likeness (QED) is 0.480. The summed E-state index contributed by atoms with van der Waals surface area (Å²) in [5.41, 5.74) is 4.10. The van der Waals surface area contributed by atoms with Gasteiger partial charge in [-0.3, -0.25) is 4.57 Å². The molecule has 5 N–H and O–H groups in total. The Morgan fingerprint density at radius 3 is 2.86 bits per heavy atom. The van der Waals surface area contributed by atoms with Crippen LogP contribution in [-0.2, 0) is 4.74 Å². The van der Waals surface area contributed by atoms with Gasteiger partial charge in [-0.2, -0.15) is 0 Å². The van der Waals surface area contributed by atoms with E-state index in [1.165, 1.54) is 17.2 Å². The maximum atomic E-state index is 10.6. The number of ether oxygens (including phenoxy) is 1. The zero-order chi connectivity index (χ0) is 14.6. The fourth-order valence-corrected chi connectivity index (χ4v) is 4.09. The Bertz CT molecular complexity index is 776. The summed E-state index contributed by atoms with van der Waals surface area (Å²) in [5, 5.41) is 30.9. The Hall–Kier alpha value is -1.81. The SMILES string of the molecule is Nc1ncnc2c1ncn2C1O[C@@]23C(C[C@@H]2O)C3(O)C1O. The zero-order valence-corrected chi connectivity index (χ0v) is 10.8. The van der Waals surface area contributed by atoms with Crippen LogP contribution in [0.4, 0.5) is 5.82 Å². The lowest BCUT2D eigenvalue weighted by Crippen LogP contribution is -2.43. The number of imidazole rings is 1. The van der Waals surface area contributed by atoms with Crippen molar-refractivity contribution < 1.29 is 20.1 Å². The minimum atomic E-state index is -1.40. The number of aliphatic hydroxyl groups excluding tert-OH is 2. The van der Waals surface area contributed by atoms with Crippen LogP contribution in [0.15, 0.2) is 12.7 Å². The number of nitrogens with zero attached hydrogens (tertiary/aromatic N) is 4. The lowest BCUT2D eigenvalue weighted by atomic mass is 9.92. The molecule has 3 fully saturated rings. The van der Waals surface area contributed by atoms with E-state index in [1.807, 2.05) is 0 Å². The van der Waals surface area contributed by atoms with E-state index in [-0.39, 0.29) is 11.7 Å². The molecule has 1 saturated heterocycles. The largest absolute Gasteiger partial charge is 0.390 e. The van der Waals surface area contributed by atoms with E-state index >= 15 is 0 Å². The average Bonchev–Trinajstić information content (AvgIpc) is 2.78. The summed E-state index contributed by atoms with van der Waals surface area (Å²) in [6.07, 6.45) is 0.399. The van der Waals surface area contributed by atoms with Crippen LogP contribution < -0.4 is 5.73 Å². The summed E-state index contributed by atoms with van der Waals surface area (Å²) in [4.78, 5) is 12.1. The molecule has 3 aliphatic rings. The Morgan fingerprint density at radius 1 is 1.33 bits per heavy atom. The van der Waals surface area contributed by atoms with Gasteiger partial charge >= 0.3 is 0 Å². The molecule has 21 heavy (non-hydrogen) atoms. The van der Waals surface area contributed by atoms with Crippen LogP contribution in [0.2, 0.25) is 0 Å². The van der Waals surface area contributed by atoms with Gasteiger partial charge in [-0.1, -0.05) is 0 Å². The van der Waals surface area contributed by atoms with Crippen molar-refractivity contribution in [1.29, 1.82) is 0 Å². The second-order valence-corrected chi connectivity index (χ2v) is 5.96. The third-order valence-electron chi connectivity index (χ3n) is 5.24. The highest BCUT2D eigenvalue weighted by Gasteiger charge is 2.94. The molecule has 0 bridgehead atoms. The maximum Gasteiger partial charge on any atom is 0.167 e. The number of aliphatic hydroxyl groups is 3. The van der Waals surface area contributed by atoms with Crippen LogP contribution in [0.25, 0.3) is 11.2 Å². The topological polar surface area (TPSA) is 140 Å². The van der Waals surface area contributed by atoms with Gasteiger partial charge in [-0.15, -0.1) is 0 Å². The predicted octanol–water partition coefficient (Wildman–Crippen LogP) is -1.84. The van der Waals surface area contributed by atoms with E-state index in [2.05, 4.69) is 15.0 Å². The Balaban J connectivity index is 1.62. The number of rotatable bonds is 1. The van der Waals surface area contributed by atoms with E-state index in [9.17, 15) is 15.3 Å². The first kappa shape index (κ1) is 11.8. The maximum absolute atomic E-state index is 10.6. The molecular weight excluding hydrogens is 278 g/mol. The minimum absolute atomic E-state index is 0.208. The number of hydrogen-bond donors (Lipinski definition) is 4. The third kappa shape index (κ3) is 0.996. The van der Waals surface area contributed by atoms with Gasteiger partial charge in [0.2, 0.25) is 0 Å². The molecule has 2 saturated carbocycles. The molecule has 2 aromatic heterocycles. The van der Waals surface area contributed by atoms with Gasteiger partial charge in [0.1, 0.15) is 29.2 Å². The van der Waals surface area contributed by atoms with Crippen molar-refractivity contribution in [2.24, 2.45) is 5.92 Å². The van der Waals surface area contributed by atoms with Crippen LogP contribution >= 0.6 is 0 Å². The molecule has 3 heterocycles. The molecule has 6 atom stereocenters. The summed E-state index contributed by atoms with van der Waals surface area (Å²) < 4.78 is 7.33. The molecule has 1 aliphatic heterocycles. The molecule has 0 radical (unpaired) electrons. The smallest absolute Gasteiger partial charge is 0.167 e. The van der Waals surface area contributed by atoms with E-state index in [4.69, 9.17) is 10.5 Å². The molecule has 5 rings (SSSR count). The summed E-state index contributed by atoms with van der Waals surface area (Å²) in [6, 6.07) is 0. The molecule has 1 spiro atoms. The van der Waals surface area contributed by atoms with Crippen molar-refractivity contribution >= 4 is 17.0 Å². The van der Waals surface area contributed by atoms with Gasteiger partial charge in [0.15, 0.2) is 17.7 Å². The van der Waals surface area contributed by atoms with E-state index in [0.29, 0.717) is 17.6 Å². The highest BCUT2D eigenvalue weighted by Crippen LogP contribution is 2.76. The molecule has 0 amide bonds. The van der Waals surface area contributed by atoms with Crippen LogP contribution in [0, 0.1) is 5.92 Å². The third-order valence-corrected chi connectivity index (χ3v) is 5.24. The first-order valence-electron chi connectivity index (χ1n) is 6.71. The highest BCUT2D eigenvalue weighted by molar-refractivity contribution is 5.81. The van der Waals surface area contributed by atoms with E-state index in [0.717, 1.165) is 0 Å². The molecule has 110 valence electrons. The van der Waals surface area contributed by atoms with E-state index < -0.39 is 29.6 Å². The number of hydrogen-bond acceptors (Lipinski definition) is 8. The van der Waals surface area contributed by atoms with Crippen LogP contribution in [0.1, 0.15) is 12.6 Å². The normalized spacial score (nSPS) is 47.0. The molecule has 0 aromatic carbocycles. The number of nitrogens with two attached hydrogens (primary N) is 1. The second kappa shape index (κ2) is 3.17. The van der Waals surface area contributed by atoms with Crippen molar-refractivity contribution in [2.75, 3.05) is 5.73 Å². The van der Waals surface area contributed by atoms with Gasteiger partial charge in [0, 0.05) is 5.92 Å². The number of nitrogen functional groups attached to an aromatic ring is 1. The zero-order valence-electron chi connectivity index (χ0n) is 10.8. The Labute approximate surface area is 118 Å². The van der Waals surface area contributed by atoms with Gasteiger partial charge in [0.05, 0.1) is 12.4 Å². The van der Waals surface area contributed by atoms with Gasteiger partial charge < -0.3 is 25.8 Å². The van der Waals surface area contributed by atoms with Crippen LogP contribution in [0.5, 0.6) is 0 Å². The van der Waals surface area contributed by atoms with Gasteiger partial charge in [-0.05, 0) is 6.42 Å². The monoisotopic (exact) mass is 291 g/mol. The first-order chi connectivity index (χ1) is 10.0. The van der Waals surface area contributed by atoms with Crippen molar-refractivity contribution in [1.82, 2.24) is 19.5 Å². The highest BCUT2D eigenvalue weighted by atomic mass is 16.6. The van der Waals surface area contributed by atoms with Crippen LogP contribution in [0.3, 0.4) is 0 Å². The molecule has 9 nitrogen and oxygen atoms in total. The predicted molar refractivity (Wildman–Crippen MR) is 67.7 cm³/mol. The second-order valence-electron chi connectivity index (χ2n) is 5.96. The van der Waals surface area contributed by atoms with E-state index in [1.54, 1.807) is 0 Å². The summed E-state index contributed by atoms with van der Waals surface area (Å²) in [6.45, 7) is 0. The van der Waals surface area contributed by atoms with Crippen molar-refractivity contribution in [3.8, 4) is 0 Å². The molecular formula is C12H13N5O4. The Kier molecular flexibility index (Phi) is 1.78. The first-order valence-corrected chi connectivity index (χ1v) is 6.71. The molecule has 2 aliphatic carbocycles. The van der Waals surface area contributed by atoms with Crippen molar-refractivity contribution in [3.05, 3.63) is 12.7 Å². The Morgan fingerprint density at radius 2 is 2.14 bits per heavy atom. The van der Waals surface area contributed by atoms with Crippen LogP contribution in [-0.4, -0.2) is 58.2 Å². The average molecular weight is 291 g/mol. The summed E-state index contributed by atoms with van der Waals surface area (Å²) in [7, 11) is 0. The molecule has 2 aromatic rings. The number of fused-ring (bicyclic) bond motifs is 2. The number of aromatic nitrogens is 4. The standard InChI is InChI=1S/C12H13N5O4/c13-8-6-9(15-2-14-8)17(3-16-6)10-7(19)11(20)4-1-5(18)12(4,11)21-10/h2-5,7,10,18-20H,1H2,(H2,13,14,15)/t4?,5-,7?,10?,11?,12-/m0/s1. The van der Waals surface area contributed by atoms with Crippen molar-refractivity contribution in [2.45, 2.75) is 36.1 Å².